The number of hydrogen-bond donors (Lipinski definition) is 1. The van der Waals surface area contributed by atoms with E-state index < -0.39 is 5.97 Å². The fourth-order valence-electron chi connectivity index (χ4n) is 1.32. The molecule has 2 rings (SSSR count). The smallest absolute Gasteiger partial charge is 0.355 e. The molecule has 5 heteroatoms. The van der Waals surface area contributed by atoms with Crippen LogP contribution in [-0.4, -0.2) is 16.1 Å². The standard InChI is InChI=1S/C10H8ClNO2S/c11-7-4-2-1-3-6(7)9-12-8(5-15-9)10(13)14/h1,3,5H,2,4H2,(H,13,14). The van der Waals surface area contributed by atoms with Gasteiger partial charge in [-0.2, -0.15) is 0 Å². The summed E-state index contributed by atoms with van der Waals surface area (Å²) in [6.45, 7) is 0. The molecule has 78 valence electrons. The molecule has 1 N–H and O–H groups in total. The summed E-state index contributed by atoms with van der Waals surface area (Å²) >= 11 is 7.36. The van der Waals surface area contributed by atoms with Crippen LogP contribution in [0.3, 0.4) is 0 Å². The highest BCUT2D eigenvalue weighted by Crippen LogP contribution is 2.31. The Labute approximate surface area is 95.7 Å². The van der Waals surface area contributed by atoms with Crippen LogP contribution in [0.15, 0.2) is 22.6 Å². The number of aromatic carboxylic acids is 1. The molecule has 1 aromatic rings. The molecular formula is C10H8ClNO2S. The maximum atomic E-state index is 10.7. The first kappa shape index (κ1) is 10.4. The Morgan fingerprint density at radius 2 is 2.40 bits per heavy atom. The monoisotopic (exact) mass is 241 g/mol. The molecule has 3 nitrogen and oxygen atoms in total. The van der Waals surface area contributed by atoms with Crippen LogP contribution < -0.4 is 0 Å². The van der Waals surface area contributed by atoms with Gasteiger partial charge in [0, 0.05) is 16.0 Å². The summed E-state index contributed by atoms with van der Waals surface area (Å²) < 4.78 is 0. The van der Waals surface area contributed by atoms with Crippen LogP contribution in [0.2, 0.25) is 0 Å². The maximum Gasteiger partial charge on any atom is 0.355 e. The topological polar surface area (TPSA) is 50.2 Å². The molecular weight excluding hydrogens is 234 g/mol. The Hall–Kier alpha value is -1.13. The molecule has 15 heavy (non-hydrogen) atoms. The van der Waals surface area contributed by atoms with Gasteiger partial charge in [0.25, 0.3) is 0 Å². The van der Waals surface area contributed by atoms with E-state index >= 15 is 0 Å². The molecule has 0 bridgehead atoms. The number of nitrogens with zero attached hydrogens (tertiary/aromatic N) is 1. The second-order valence-corrected chi connectivity index (χ2v) is 4.42. The van der Waals surface area contributed by atoms with Gasteiger partial charge in [0.15, 0.2) is 5.69 Å². The third-order valence-electron chi connectivity index (χ3n) is 2.06. The van der Waals surface area contributed by atoms with Crippen molar-refractivity contribution >= 4 is 34.5 Å². The van der Waals surface area contributed by atoms with Crippen LogP contribution in [0, 0.1) is 0 Å². The van der Waals surface area contributed by atoms with Crippen molar-refractivity contribution in [1.29, 1.82) is 0 Å². The van der Waals surface area contributed by atoms with E-state index in [4.69, 9.17) is 16.7 Å². The van der Waals surface area contributed by atoms with Crippen molar-refractivity contribution in [1.82, 2.24) is 4.98 Å². The highest BCUT2D eigenvalue weighted by molar-refractivity contribution is 7.11. The van der Waals surface area contributed by atoms with E-state index in [2.05, 4.69) is 4.98 Å². The minimum Gasteiger partial charge on any atom is -0.476 e. The number of carboxylic acids is 1. The summed E-state index contributed by atoms with van der Waals surface area (Å²) in [5.41, 5.74) is 0.923. The third kappa shape index (κ3) is 2.11. The Morgan fingerprint density at radius 3 is 3.00 bits per heavy atom. The van der Waals surface area contributed by atoms with Crippen molar-refractivity contribution in [2.45, 2.75) is 12.8 Å². The summed E-state index contributed by atoms with van der Waals surface area (Å²) in [5, 5.41) is 11.7. The number of thiazole rings is 1. The molecule has 1 aromatic heterocycles. The number of hydrogen-bond acceptors (Lipinski definition) is 3. The van der Waals surface area contributed by atoms with Crippen LogP contribution in [0.5, 0.6) is 0 Å². The summed E-state index contributed by atoms with van der Waals surface area (Å²) in [4.78, 5) is 14.7. The Morgan fingerprint density at radius 1 is 1.60 bits per heavy atom. The first-order valence-corrected chi connectivity index (χ1v) is 5.68. The van der Waals surface area contributed by atoms with Crippen LogP contribution >= 0.6 is 22.9 Å². The number of rotatable bonds is 2. The second-order valence-electron chi connectivity index (χ2n) is 3.10. The van der Waals surface area contributed by atoms with Gasteiger partial charge in [-0.15, -0.1) is 11.3 Å². The predicted molar refractivity (Wildman–Crippen MR) is 60.2 cm³/mol. The Balaban J connectivity index is 2.37. The SMILES string of the molecule is O=C(O)c1csc(C2=C(Cl)CCC=C2)n1. The molecule has 0 atom stereocenters. The van der Waals surface area contributed by atoms with Crippen molar-refractivity contribution in [3.8, 4) is 0 Å². The van der Waals surface area contributed by atoms with E-state index in [1.807, 2.05) is 12.2 Å². The number of carbonyl (C=O) groups is 1. The quantitative estimate of drug-likeness (QED) is 0.865. The fourth-order valence-corrected chi connectivity index (χ4v) is 2.48. The van der Waals surface area contributed by atoms with Crippen molar-refractivity contribution < 1.29 is 9.90 Å². The van der Waals surface area contributed by atoms with E-state index in [0.717, 1.165) is 23.4 Å². The van der Waals surface area contributed by atoms with Crippen molar-refractivity contribution in [2.24, 2.45) is 0 Å². The summed E-state index contributed by atoms with van der Waals surface area (Å²) in [6, 6.07) is 0. The molecule has 0 spiro atoms. The van der Waals surface area contributed by atoms with Gasteiger partial charge in [-0.3, -0.25) is 0 Å². The number of halogens is 1. The number of allylic oxidation sites excluding steroid dienone is 4. The molecule has 0 aromatic carbocycles. The van der Waals surface area contributed by atoms with Gasteiger partial charge >= 0.3 is 5.97 Å². The van der Waals surface area contributed by atoms with Gasteiger partial charge in [0.05, 0.1) is 0 Å². The summed E-state index contributed by atoms with van der Waals surface area (Å²) in [6.07, 6.45) is 5.65. The van der Waals surface area contributed by atoms with Gasteiger partial charge in [0.2, 0.25) is 0 Å². The zero-order valence-corrected chi connectivity index (χ0v) is 9.31. The lowest BCUT2D eigenvalue weighted by Crippen LogP contribution is -1.97. The van der Waals surface area contributed by atoms with Crippen molar-refractivity contribution in [3.63, 3.8) is 0 Å². The minimum absolute atomic E-state index is 0.0749. The largest absolute Gasteiger partial charge is 0.476 e. The second kappa shape index (κ2) is 4.16. The highest BCUT2D eigenvalue weighted by atomic mass is 35.5. The lowest BCUT2D eigenvalue weighted by Gasteiger charge is -2.07. The Kier molecular flexibility index (Phi) is 2.88. The van der Waals surface area contributed by atoms with E-state index in [-0.39, 0.29) is 5.69 Å². The molecule has 1 aliphatic carbocycles. The lowest BCUT2D eigenvalue weighted by molar-refractivity contribution is 0.0691. The summed E-state index contributed by atoms with van der Waals surface area (Å²) in [7, 11) is 0. The number of carboxylic acid groups (broad SMARTS) is 1. The normalized spacial score (nSPS) is 15.8. The molecule has 1 heterocycles. The van der Waals surface area contributed by atoms with Gasteiger partial charge in [-0.05, 0) is 12.8 Å². The zero-order chi connectivity index (χ0) is 10.8. The number of aromatic nitrogens is 1. The molecule has 0 radical (unpaired) electrons. The maximum absolute atomic E-state index is 10.7. The Bertz CT molecular complexity index is 462. The molecule has 0 fully saturated rings. The fraction of sp³-hybridized carbons (Fsp3) is 0.200. The average Bonchev–Trinajstić information content (AvgIpc) is 2.67. The predicted octanol–water partition coefficient (Wildman–Crippen LogP) is 3.14. The molecule has 0 saturated heterocycles. The van der Waals surface area contributed by atoms with E-state index in [0.29, 0.717) is 5.01 Å². The first-order valence-electron chi connectivity index (χ1n) is 4.43. The lowest BCUT2D eigenvalue weighted by atomic mass is 10.1. The van der Waals surface area contributed by atoms with Gasteiger partial charge in [-0.25, -0.2) is 9.78 Å². The molecule has 1 aliphatic rings. The van der Waals surface area contributed by atoms with Gasteiger partial charge in [-0.1, -0.05) is 23.8 Å². The molecule has 0 saturated carbocycles. The van der Waals surface area contributed by atoms with Crippen LogP contribution in [0.1, 0.15) is 28.3 Å². The molecule has 0 unspecified atom stereocenters. The summed E-state index contributed by atoms with van der Waals surface area (Å²) in [5.74, 6) is -1.01. The third-order valence-corrected chi connectivity index (χ3v) is 3.33. The van der Waals surface area contributed by atoms with E-state index in [1.165, 1.54) is 16.7 Å². The molecule has 0 amide bonds. The van der Waals surface area contributed by atoms with Crippen LogP contribution in [0.4, 0.5) is 0 Å². The molecule has 0 aliphatic heterocycles. The van der Waals surface area contributed by atoms with Crippen LogP contribution in [-0.2, 0) is 0 Å². The zero-order valence-electron chi connectivity index (χ0n) is 7.74. The average molecular weight is 242 g/mol. The van der Waals surface area contributed by atoms with Gasteiger partial charge in [0.1, 0.15) is 5.01 Å². The van der Waals surface area contributed by atoms with Crippen molar-refractivity contribution in [3.05, 3.63) is 33.3 Å². The van der Waals surface area contributed by atoms with Crippen molar-refractivity contribution in [2.75, 3.05) is 0 Å². The minimum atomic E-state index is -1.01. The van der Waals surface area contributed by atoms with Gasteiger partial charge < -0.3 is 5.11 Å². The van der Waals surface area contributed by atoms with Crippen LogP contribution in [0.25, 0.3) is 5.57 Å². The first-order chi connectivity index (χ1) is 7.18. The van der Waals surface area contributed by atoms with E-state index in [9.17, 15) is 4.79 Å². The highest BCUT2D eigenvalue weighted by Gasteiger charge is 2.14. The van der Waals surface area contributed by atoms with E-state index in [1.54, 1.807) is 0 Å².